The largest absolute Gasteiger partial charge is 0.462 e. The number of nitrogens with one attached hydrogen (secondary N) is 1. The van der Waals surface area contributed by atoms with Gasteiger partial charge in [0.25, 0.3) is 0 Å². The van der Waals surface area contributed by atoms with Gasteiger partial charge in [0.2, 0.25) is 5.95 Å². The fraction of sp³-hybridized carbons (Fsp3) is 0.389. The minimum atomic E-state index is -4.39. The molecule has 1 aliphatic carbocycles. The number of esters is 1. The Morgan fingerprint density at radius 3 is 2.50 bits per heavy atom. The molecule has 3 rings (SSSR count). The van der Waals surface area contributed by atoms with Crippen LogP contribution in [0, 0.1) is 0 Å². The number of anilines is 1. The molecule has 1 fully saturated rings. The fourth-order valence-electron chi connectivity index (χ4n) is 2.94. The van der Waals surface area contributed by atoms with E-state index in [1.54, 1.807) is 13.0 Å². The Hall–Kier alpha value is -2.64. The second-order valence-corrected chi connectivity index (χ2v) is 6.16. The minimum Gasteiger partial charge on any atom is -0.462 e. The second-order valence-electron chi connectivity index (χ2n) is 6.16. The number of ether oxygens (including phenoxy) is 1. The summed E-state index contributed by atoms with van der Waals surface area (Å²) in [6, 6.07) is 5.30. The zero-order chi connectivity index (χ0) is 18.8. The predicted octanol–water partition coefficient (Wildman–Crippen LogP) is 4.16. The highest BCUT2D eigenvalue weighted by atomic mass is 19.4. The SMILES string of the molecule is CCOC(=O)c1cnc(NC2(c3cccc(C(F)(F)F)c3)CCC2)nc1. The lowest BCUT2D eigenvalue weighted by Crippen LogP contribution is -2.42. The molecule has 0 radical (unpaired) electrons. The van der Waals surface area contributed by atoms with E-state index in [2.05, 4.69) is 15.3 Å². The van der Waals surface area contributed by atoms with Crippen molar-refractivity contribution in [1.29, 1.82) is 0 Å². The van der Waals surface area contributed by atoms with Crippen LogP contribution in [0.15, 0.2) is 36.7 Å². The number of hydrogen-bond donors (Lipinski definition) is 1. The Kier molecular flexibility index (Phi) is 4.84. The molecule has 2 aromatic rings. The maximum atomic E-state index is 13.0. The van der Waals surface area contributed by atoms with Gasteiger partial charge in [0.1, 0.15) is 0 Å². The van der Waals surface area contributed by atoms with Crippen molar-refractivity contribution < 1.29 is 22.7 Å². The highest BCUT2D eigenvalue weighted by molar-refractivity contribution is 5.88. The van der Waals surface area contributed by atoms with Gasteiger partial charge in [-0.15, -0.1) is 0 Å². The highest BCUT2D eigenvalue weighted by Crippen LogP contribution is 2.44. The number of nitrogens with zero attached hydrogens (tertiary/aromatic N) is 2. The summed E-state index contributed by atoms with van der Waals surface area (Å²) in [5, 5.41) is 3.14. The summed E-state index contributed by atoms with van der Waals surface area (Å²) in [5.74, 6) is -0.259. The third-order valence-corrected chi connectivity index (χ3v) is 4.46. The van der Waals surface area contributed by atoms with Crippen LogP contribution in [0.5, 0.6) is 0 Å². The van der Waals surface area contributed by atoms with E-state index < -0.39 is 23.2 Å². The molecule has 1 N–H and O–H groups in total. The molecule has 1 aromatic carbocycles. The van der Waals surface area contributed by atoms with Crippen molar-refractivity contribution in [3.05, 3.63) is 53.3 Å². The van der Waals surface area contributed by atoms with E-state index in [1.807, 2.05) is 0 Å². The average Bonchev–Trinajstić information content (AvgIpc) is 2.58. The van der Waals surface area contributed by atoms with Crippen molar-refractivity contribution >= 4 is 11.9 Å². The second kappa shape index (κ2) is 6.93. The molecular formula is C18H18F3N3O2. The zero-order valence-electron chi connectivity index (χ0n) is 14.1. The van der Waals surface area contributed by atoms with Gasteiger partial charge in [-0.3, -0.25) is 0 Å². The Balaban J connectivity index is 1.82. The van der Waals surface area contributed by atoms with Crippen molar-refractivity contribution in [3.8, 4) is 0 Å². The van der Waals surface area contributed by atoms with Crippen molar-refractivity contribution in [2.24, 2.45) is 0 Å². The van der Waals surface area contributed by atoms with Crippen molar-refractivity contribution in [1.82, 2.24) is 9.97 Å². The molecule has 1 heterocycles. The molecule has 26 heavy (non-hydrogen) atoms. The Morgan fingerprint density at radius 1 is 1.27 bits per heavy atom. The molecule has 0 unspecified atom stereocenters. The van der Waals surface area contributed by atoms with Crippen molar-refractivity contribution in [2.45, 2.75) is 37.9 Å². The Morgan fingerprint density at radius 2 is 1.96 bits per heavy atom. The Labute approximate surface area is 148 Å². The molecule has 8 heteroatoms. The van der Waals surface area contributed by atoms with Gasteiger partial charge in [-0.1, -0.05) is 12.1 Å². The number of aromatic nitrogens is 2. The molecule has 1 aromatic heterocycles. The third-order valence-electron chi connectivity index (χ3n) is 4.46. The number of rotatable bonds is 5. The van der Waals surface area contributed by atoms with Crippen LogP contribution in [-0.4, -0.2) is 22.5 Å². The maximum absolute atomic E-state index is 13.0. The van der Waals surface area contributed by atoms with Crippen LogP contribution < -0.4 is 5.32 Å². The van der Waals surface area contributed by atoms with Gasteiger partial charge in [-0.25, -0.2) is 14.8 Å². The van der Waals surface area contributed by atoms with E-state index in [0.717, 1.165) is 12.5 Å². The lowest BCUT2D eigenvalue weighted by atomic mass is 9.71. The molecule has 0 amide bonds. The lowest BCUT2D eigenvalue weighted by molar-refractivity contribution is -0.137. The van der Waals surface area contributed by atoms with Crippen LogP contribution in [0.4, 0.5) is 19.1 Å². The summed E-state index contributed by atoms with van der Waals surface area (Å²) in [6.07, 6.45) is 0.537. The highest BCUT2D eigenvalue weighted by Gasteiger charge is 2.41. The van der Waals surface area contributed by atoms with E-state index in [4.69, 9.17) is 4.74 Å². The first-order valence-electron chi connectivity index (χ1n) is 8.29. The van der Waals surface area contributed by atoms with Gasteiger partial charge in [-0.05, 0) is 43.9 Å². The van der Waals surface area contributed by atoms with E-state index >= 15 is 0 Å². The van der Waals surface area contributed by atoms with E-state index in [1.165, 1.54) is 24.5 Å². The van der Waals surface area contributed by atoms with Gasteiger partial charge in [0.15, 0.2) is 0 Å². The number of benzene rings is 1. The van der Waals surface area contributed by atoms with Gasteiger partial charge >= 0.3 is 12.1 Å². The smallest absolute Gasteiger partial charge is 0.416 e. The number of carbonyl (C=O) groups is 1. The van der Waals surface area contributed by atoms with Crippen LogP contribution >= 0.6 is 0 Å². The topological polar surface area (TPSA) is 64.1 Å². The summed E-state index contributed by atoms with van der Waals surface area (Å²) < 4.78 is 43.9. The molecule has 0 saturated heterocycles. The number of halogens is 3. The van der Waals surface area contributed by atoms with Gasteiger partial charge < -0.3 is 10.1 Å². The molecule has 5 nitrogen and oxygen atoms in total. The van der Waals surface area contributed by atoms with E-state index in [0.29, 0.717) is 18.4 Å². The molecule has 0 atom stereocenters. The first kappa shape index (κ1) is 18.2. The summed E-state index contributed by atoms with van der Waals surface area (Å²) in [7, 11) is 0. The Bertz CT molecular complexity index is 787. The molecule has 0 bridgehead atoms. The molecular weight excluding hydrogens is 347 g/mol. The van der Waals surface area contributed by atoms with E-state index in [-0.39, 0.29) is 18.1 Å². The monoisotopic (exact) mass is 365 g/mol. The van der Waals surface area contributed by atoms with E-state index in [9.17, 15) is 18.0 Å². The summed E-state index contributed by atoms with van der Waals surface area (Å²) in [5.41, 5.74) is -0.537. The molecule has 0 spiro atoms. The fourth-order valence-corrected chi connectivity index (χ4v) is 2.94. The summed E-state index contributed by atoms with van der Waals surface area (Å²) in [4.78, 5) is 19.8. The van der Waals surface area contributed by atoms with Crippen molar-refractivity contribution in [2.75, 3.05) is 11.9 Å². The average molecular weight is 365 g/mol. The van der Waals surface area contributed by atoms with Crippen molar-refractivity contribution in [3.63, 3.8) is 0 Å². The quantitative estimate of drug-likeness (QED) is 0.806. The third kappa shape index (κ3) is 3.63. The van der Waals surface area contributed by atoms with Crippen LogP contribution in [0.2, 0.25) is 0 Å². The lowest BCUT2D eigenvalue weighted by Gasteiger charge is -2.43. The normalized spacial score (nSPS) is 15.8. The van der Waals surface area contributed by atoms with Gasteiger partial charge in [0, 0.05) is 12.4 Å². The molecule has 1 saturated carbocycles. The molecule has 1 aliphatic rings. The van der Waals surface area contributed by atoms with Crippen LogP contribution in [0.25, 0.3) is 0 Å². The predicted molar refractivity (Wildman–Crippen MR) is 88.6 cm³/mol. The number of hydrogen-bond acceptors (Lipinski definition) is 5. The summed E-state index contributed by atoms with van der Waals surface area (Å²) in [6.45, 7) is 1.95. The molecule has 138 valence electrons. The molecule has 0 aliphatic heterocycles. The number of alkyl halides is 3. The minimum absolute atomic E-state index is 0.221. The van der Waals surface area contributed by atoms with Crippen LogP contribution in [0.3, 0.4) is 0 Å². The first-order chi connectivity index (χ1) is 12.3. The summed E-state index contributed by atoms with van der Waals surface area (Å²) >= 11 is 0. The van der Waals surface area contributed by atoms with Crippen LogP contribution in [-0.2, 0) is 16.5 Å². The zero-order valence-corrected chi connectivity index (χ0v) is 14.1. The maximum Gasteiger partial charge on any atom is 0.416 e. The van der Waals surface area contributed by atoms with Gasteiger partial charge in [0.05, 0.1) is 23.3 Å². The number of carbonyl (C=O) groups excluding carboxylic acids is 1. The standard InChI is InChI=1S/C18H18F3N3O2/c1-2-26-15(25)12-10-22-16(23-11-12)24-17(7-4-8-17)13-5-3-6-14(9-13)18(19,20)21/h3,5-6,9-11H,2,4,7-8H2,1H3,(H,22,23,24). The first-order valence-corrected chi connectivity index (χ1v) is 8.29. The van der Waals surface area contributed by atoms with Gasteiger partial charge in [-0.2, -0.15) is 13.2 Å². The van der Waals surface area contributed by atoms with Crippen LogP contribution in [0.1, 0.15) is 47.7 Å².